The topological polar surface area (TPSA) is 30.5 Å². The summed E-state index contributed by atoms with van der Waals surface area (Å²) in [5, 5.41) is 0. The van der Waals surface area contributed by atoms with Crippen molar-refractivity contribution in [3.63, 3.8) is 0 Å². The second-order valence-corrected chi connectivity index (χ2v) is 3.79. The Hall–Kier alpha value is -1.06. The molecule has 0 aliphatic carbocycles. The number of benzene rings is 1. The highest BCUT2D eigenvalue weighted by Crippen LogP contribution is 2.22. The fraction of sp³-hybridized carbons (Fsp3) is 0.500. The lowest BCUT2D eigenvalue weighted by Crippen LogP contribution is -2.11. The van der Waals surface area contributed by atoms with Crippen LogP contribution in [-0.4, -0.2) is 14.2 Å². The zero-order valence-corrected chi connectivity index (χ0v) is 9.83. The summed E-state index contributed by atoms with van der Waals surface area (Å²) in [6, 6.07) is 6.25. The first-order valence-corrected chi connectivity index (χ1v) is 5.11. The van der Waals surface area contributed by atoms with Crippen molar-refractivity contribution in [2.24, 2.45) is 0 Å². The van der Waals surface area contributed by atoms with Crippen molar-refractivity contribution in [2.75, 3.05) is 14.2 Å². The number of hydrogen-bond donors (Lipinski definition) is 1. The van der Waals surface area contributed by atoms with Crippen molar-refractivity contribution in [3.8, 4) is 5.75 Å². The molecule has 0 unspecified atom stereocenters. The summed E-state index contributed by atoms with van der Waals surface area (Å²) in [7, 11) is 3.30. The van der Waals surface area contributed by atoms with Gasteiger partial charge in [-0.25, -0.2) is 0 Å². The third kappa shape index (κ3) is 3.53. The molecular weight excluding hydrogens is 190 g/mol. The van der Waals surface area contributed by atoms with E-state index in [1.165, 1.54) is 11.1 Å². The Labute approximate surface area is 91.4 Å². The lowest BCUT2D eigenvalue weighted by atomic mass is 10.0. The minimum atomic E-state index is 0.501. The van der Waals surface area contributed by atoms with E-state index in [4.69, 9.17) is 9.57 Å². The van der Waals surface area contributed by atoms with Crippen molar-refractivity contribution in [3.05, 3.63) is 29.3 Å². The van der Waals surface area contributed by atoms with Gasteiger partial charge in [0.2, 0.25) is 0 Å². The summed E-state index contributed by atoms with van der Waals surface area (Å²) in [6.45, 7) is 5.03. The summed E-state index contributed by atoms with van der Waals surface area (Å²) in [6.07, 6.45) is 0. The van der Waals surface area contributed by atoms with Crippen molar-refractivity contribution in [1.82, 2.24) is 5.48 Å². The Bertz CT molecular complexity index is 310. The van der Waals surface area contributed by atoms with Crippen molar-refractivity contribution < 1.29 is 9.57 Å². The average Bonchev–Trinajstić information content (AvgIpc) is 2.25. The van der Waals surface area contributed by atoms with Crippen molar-refractivity contribution in [1.29, 1.82) is 0 Å². The first-order valence-electron chi connectivity index (χ1n) is 5.11. The average molecular weight is 209 g/mol. The van der Waals surface area contributed by atoms with Crippen LogP contribution in [0, 0.1) is 0 Å². The quantitative estimate of drug-likeness (QED) is 0.756. The predicted octanol–water partition coefficient (Wildman–Crippen LogP) is 2.47. The number of methoxy groups -OCH3 is 1. The summed E-state index contributed by atoms with van der Waals surface area (Å²) < 4.78 is 5.26. The number of rotatable bonds is 5. The molecule has 3 nitrogen and oxygen atoms in total. The van der Waals surface area contributed by atoms with Gasteiger partial charge in [-0.2, -0.15) is 5.48 Å². The van der Waals surface area contributed by atoms with Gasteiger partial charge in [-0.15, -0.1) is 0 Å². The molecule has 0 aliphatic heterocycles. The van der Waals surface area contributed by atoms with Gasteiger partial charge >= 0.3 is 0 Å². The van der Waals surface area contributed by atoms with Crippen LogP contribution in [0.5, 0.6) is 5.75 Å². The molecule has 0 bridgehead atoms. The molecule has 0 aliphatic rings. The maximum atomic E-state index is 5.26. The minimum Gasteiger partial charge on any atom is -0.497 e. The van der Waals surface area contributed by atoms with Gasteiger partial charge in [-0.05, 0) is 29.2 Å². The lowest BCUT2D eigenvalue weighted by molar-refractivity contribution is 0.0866. The molecule has 1 rings (SSSR count). The highest BCUT2D eigenvalue weighted by Gasteiger charge is 2.04. The molecule has 1 aromatic carbocycles. The van der Waals surface area contributed by atoms with Gasteiger partial charge < -0.3 is 9.57 Å². The Kier molecular flexibility index (Phi) is 4.59. The van der Waals surface area contributed by atoms with Crippen LogP contribution in [0.1, 0.15) is 30.9 Å². The SMILES string of the molecule is CONCc1cc(OC)cc(C(C)C)c1. The first kappa shape index (κ1) is 12.0. The molecule has 0 saturated carbocycles. The van der Waals surface area contributed by atoms with E-state index < -0.39 is 0 Å². The zero-order chi connectivity index (χ0) is 11.3. The molecule has 0 amide bonds. The second-order valence-electron chi connectivity index (χ2n) is 3.79. The van der Waals surface area contributed by atoms with Gasteiger partial charge in [0.15, 0.2) is 0 Å². The fourth-order valence-corrected chi connectivity index (χ4v) is 1.39. The van der Waals surface area contributed by atoms with E-state index in [1.54, 1.807) is 14.2 Å². The zero-order valence-electron chi connectivity index (χ0n) is 9.83. The van der Waals surface area contributed by atoms with Gasteiger partial charge in [0.25, 0.3) is 0 Å². The molecule has 0 aromatic heterocycles. The molecule has 3 heteroatoms. The van der Waals surface area contributed by atoms with Crippen LogP contribution in [0.3, 0.4) is 0 Å². The van der Waals surface area contributed by atoms with E-state index in [9.17, 15) is 0 Å². The van der Waals surface area contributed by atoms with E-state index in [0.717, 1.165) is 5.75 Å². The van der Waals surface area contributed by atoms with Crippen molar-refractivity contribution >= 4 is 0 Å². The van der Waals surface area contributed by atoms with Crippen LogP contribution in [0.15, 0.2) is 18.2 Å². The molecule has 84 valence electrons. The van der Waals surface area contributed by atoms with Gasteiger partial charge in [-0.3, -0.25) is 0 Å². The molecule has 0 radical (unpaired) electrons. The number of ether oxygens (including phenoxy) is 1. The summed E-state index contributed by atoms with van der Waals surface area (Å²) in [5.41, 5.74) is 5.27. The molecule has 0 heterocycles. The molecule has 0 spiro atoms. The number of hydrogen-bond acceptors (Lipinski definition) is 3. The standard InChI is InChI=1S/C12H19NO2/c1-9(2)11-5-10(8-13-15-4)6-12(7-11)14-3/h5-7,9,13H,8H2,1-4H3. The predicted molar refractivity (Wildman–Crippen MR) is 60.9 cm³/mol. The molecular formula is C12H19NO2. The van der Waals surface area contributed by atoms with Crippen LogP contribution in [-0.2, 0) is 11.4 Å². The van der Waals surface area contributed by atoms with Crippen LogP contribution < -0.4 is 10.2 Å². The van der Waals surface area contributed by atoms with Gasteiger partial charge in [-0.1, -0.05) is 19.9 Å². The third-order valence-corrected chi connectivity index (χ3v) is 2.31. The second kappa shape index (κ2) is 5.73. The number of nitrogens with one attached hydrogen (secondary N) is 1. The molecule has 0 atom stereocenters. The van der Waals surface area contributed by atoms with Gasteiger partial charge in [0.05, 0.1) is 14.2 Å². The van der Waals surface area contributed by atoms with E-state index >= 15 is 0 Å². The highest BCUT2D eigenvalue weighted by molar-refractivity contribution is 5.35. The molecule has 15 heavy (non-hydrogen) atoms. The monoisotopic (exact) mass is 209 g/mol. The van der Waals surface area contributed by atoms with E-state index in [-0.39, 0.29) is 0 Å². The lowest BCUT2D eigenvalue weighted by Gasteiger charge is -2.11. The normalized spacial score (nSPS) is 10.7. The van der Waals surface area contributed by atoms with Crippen LogP contribution in [0.2, 0.25) is 0 Å². The van der Waals surface area contributed by atoms with E-state index in [1.807, 2.05) is 6.07 Å². The Balaban J connectivity index is 2.90. The summed E-state index contributed by atoms with van der Waals surface area (Å²) >= 11 is 0. The van der Waals surface area contributed by atoms with Crippen LogP contribution in [0.25, 0.3) is 0 Å². The molecule has 1 N–H and O–H groups in total. The van der Waals surface area contributed by atoms with Crippen LogP contribution in [0.4, 0.5) is 0 Å². The van der Waals surface area contributed by atoms with E-state index in [2.05, 4.69) is 31.5 Å². The largest absolute Gasteiger partial charge is 0.497 e. The Morgan fingerprint density at radius 2 is 1.93 bits per heavy atom. The third-order valence-electron chi connectivity index (χ3n) is 2.31. The van der Waals surface area contributed by atoms with Crippen molar-refractivity contribution in [2.45, 2.75) is 26.3 Å². The number of hydroxylamine groups is 1. The highest BCUT2D eigenvalue weighted by atomic mass is 16.6. The van der Waals surface area contributed by atoms with E-state index in [0.29, 0.717) is 12.5 Å². The Morgan fingerprint density at radius 1 is 1.20 bits per heavy atom. The molecule has 0 saturated heterocycles. The summed E-state index contributed by atoms with van der Waals surface area (Å²) in [5.74, 6) is 1.40. The Morgan fingerprint density at radius 3 is 2.47 bits per heavy atom. The minimum absolute atomic E-state index is 0.501. The maximum Gasteiger partial charge on any atom is 0.119 e. The molecule has 0 fully saturated rings. The van der Waals surface area contributed by atoms with Gasteiger partial charge in [0.1, 0.15) is 5.75 Å². The van der Waals surface area contributed by atoms with Crippen LogP contribution >= 0.6 is 0 Å². The first-order chi connectivity index (χ1) is 7.17. The van der Waals surface area contributed by atoms with Gasteiger partial charge in [0, 0.05) is 6.54 Å². The summed E-state index contributed by atoms with van der Waals surface area (Å²) in [4.78, 5) is 4.83. The smallest absolute Gasteiger partial charge is 0.119 e. The fourth-order valence-electron chi connectivity index (χ4n) is 1.39. The molecule has 1 aromatic rings. The maximum absolute atomic E-state index is 5.26.